The molecule has 0 fully saturated rings. The average molecular weight is 169 g/mol. The van der Waals surface area contributed by atoms with Crippen LogP contribution in [0.5, 0.6) is 0 Å². The fourth-order valence-corrected chi connectivity index (χ4v) is 1.57. The van der Waals surface area contributed by atoms with Crippen molar-refractivity contribution in [3.63, 3.8) is 0 Å². The van der Waals surface area contributed by atoms with Gasteiger partial charge in [0, 0.05) is 5.97 Å². The monoisotopic (exact) mass is 169 g/mol. The summed E-state index contributed by atoms with van der Waals surface area (Å²) in [5.41, 5.74) is 1.22. The molecule has 0 aliphatic heterocycles. The lowest BCUT2D eigenvalue weighted by molar-refractivity contribution is -0.305. The second-order valence-corrected chi connectivity index (χ2v) is 3.14. The summed E-state index contributed by atoms with van der Waals surface area (Å²) in [4.78, 5) is 10.0. The van der Waals surface area contributed by atoms with E-state index in [1.54, 1.807) is 11.3 Å². The minimum Gasteiger partial charge on any atom is -0.550 e. The normalized spacial score (nSPS) is 9.82. The van der Waals surface area contributed by atoms with Gasteiger partial charge in [0.05, 0.1) is 0 Å². The Morgan fingerprint density at radius 2 is 2.45 bits per heavy atom. The highest BCUT2D eigenvalue weighted by atomic mass is 32.1. The van der Waals surface area contributed by atoms with Gasteiger partial charge in [-0.05, 0) is 41.7 Å². The van der Waals surface area contributed by atoms with E-state index in [2.05, 4.69) is 0 Å². The number of aryl methyl sites for hydroxylation is 1. The van der Waals surface area contributed by atoms with Gasteiger partial charge in [0.25, 0.3) is 0 Å². The van der Waals surface area contributed by atoms with E-state index in [-0.39, 0.29) is 6.42 Å². The number of carbonyl (C=O) groups is 1. The molecular formula is C8H9O2S-. The van der Waals surface area contributed by atoms with Gasteiger partial charge < -0.3 is 9.90 Å². The molecule has 3 heteroatoms. The molecule has 0 aliphatic carbocycles. The summed E-state index contributed by atoms with van der Waals surface area (Å²) in [5.74, 6) is -0.958. The second kappa shape index (κ2) is 4.13. The van der Waals surface area contributed by atoms with E-state index in [1.165, 1.54) is 5.56 Å². The zero-order chi connectivity index (χ0) is 8.10. The minimum absolute atomic E-state index is 0.163. The van der Waals surface area contributed by atoms with Crippen LogP contribution in [0.1, 0.15) is 18.4 Å². The predicted octanol–water partition coefficient (Wildman–Crippen LogP) is 0.821. The fourth-order valence-electron chi connectivity index (χ4n) is 0.872. The molecule has 60 valence electrons. The average Bonchev–Trinajstić information content (AvgIpc) is 2.39. The smallest absolute Gasteiger partial charge is 0.0414 e. The molecule has 0 saturated carbocycles. The summed E-state index contributed by atoms with van der Waals surface area (Å²) in [6, 6.07) is 2.01. The molecule has 0 bridgehead atoms. The standard InChI is InChI=1S/C8H10O2S/c9-8(10)3-1-2-7-4-5-11-6-7/h4-6H,1-3H2,(H,9,10)/p-1. The van der Waals surface area contributed by atoms with Crippen LogP contribution >= 0.6 is 11.3 Å². The van der Waals surface area contributed by atoms with Gasteiger partial charge in [-0.2, -0.15) is 11.3 Å². The van der Waals surface area contributed by atoms with Crippen LogP contribution in [0.3, 0.4) is 0 Å². The zero-order valence-electron chi connectivity index (χ0n) is 6.08. The van der Waals surface area contributed by atoms with Gasteiger partial charge >= 0.3 is 0 Å². The maximum atomic E-state index is 10.0. The van der Waals surface area contributed by atoms with E-state index in [0.717, 1.165) is 6.42 Å². The SMILES string of the molecule is O=C([O-])CCCc1ccsc1. The third-order valence-corrected chi connectivity index (χ3v) is 2.16. The molecule has 0 saturated heterocycles. The van der Waals surface area contributed by atoms with Crippen molar-refractivity contribution in [2.24, 2.45) is 0 Å². The van der Waals surface area contributed by atoms with E-state index in [9.17, 15) is 9.90 Å². The molecule has 1 heterocycles. The van der Waals surface area contributed by atoms with Crippen molar-refractivity contribution in [3.05, 3.63) is 22.4 Å². The summed E-state index contributed by atoms with van der Waals surface area (Å²) in [6.45, 7) is 0. The van der Waals surface area contributed by atoms with Crippen LogP contribution in [0.2, 0.25) is 0 Å². The second-order valence-electron chi connectivity index (χ2n) is 2.36. The number of carbonyl (C=O) groups excluding carboxylic acids is 1. The van der Waals surface area contributed by atoms with Gasteiger partial charge in [-0.15, -0.1) is 0 Å². The van der Waals surface area contributed by atoms with E-state index in [1.807, 2.05) is 16.8 Å². The molecule has 0 atom stereocenters. The summed E-state index contributed by atoms with van der Waals surface area (Å²) in [6.07, 6.45) is 1.69. The Labute approximate surface area is 69.5 Å². The first kappa shape index (κ1) is 8.27. The Morgan fingerprint density at radius 1 is 1.64 bits per heavy atom. The molecule has 0 N–H and O–H groups in total. The van der Waals surface area contributed by atoms with Crippen LogP contribution in [0.4, 0.5) is 0 Å². The number of hydrogen-bond acceptors (Lipinski definition) is 3. The van der Waals surface area contributed by atoms with Crippen molar-refractivity contribution in [2.45, 2.75) is 19.3 Å². The minimum atomic E-state index is -0.958. The molecule has 11 heavy (non-hydrogen) atoms. The van der Waals surface area contributed by atoms with Crippen LogP contribution in [0.25, 0.3) is 0 Å². The van der Waals surface area contributed by atoms with Gasteiger partial charge in [0.1, 0.15) is 0 Å². The highest BCUT2D eigenvalue weighted by Gasteiger charge is 1.92. The zero-order valence-corrected chi connectivity index (χ0v) is 6.89. The third kappa shape index (κ3) is 3.18. The predicted molar refractivity (Wildman–Crippen MR) is 42.3 cm³/mol. The first-order chi connectivity index (χ1) is 5.29. The molecule has 0 radical (unpaired) electrons. The summed E-state index contributed by atoms with van der Waals surface area (Å²) >= 11 is 1.64. The summed E-state index contributed by atoms with van der Waals surface area (Å²) < 4.78 is 0. The highest BCUT2D eigenvalue weighted by molar-refractivity contribution is 7.07. The Morgan fingerprint density at radius 3 is 3.00 bits per heavy atom. The quantitative estimate of drug-likeness (QED) is 0.669. The first-order valence-corrected chi connectivity index (χ1v) is 4.44. The molecule has 0 aromatic carbocycles. The Balaban J connectivity index is 2.19. The fraction of sp³-hybridized carbons (Fsp3) is 0.375. The van der Waals surface area contributed by atoms with Crippen molar-refractivity contribution in [2.75, 3.05) is 0 Å². The van der Waals surface area contributed by atoms with E-state index in [4.69, 9.17) is 0 Å². The number of carboxylic acids is 1. The van der Waals surface area contributed by atoms with Gasteiger partial charge in [0.15, 0.2) is 0 Å². The number of thiophene rings is 1. The van der Waals surface area contributed by atoms with Crippen molar-refractivity contribution in [3.8, 4) is 0 Å². The van der Waals surface area contributed by atoms with Crippen molar-refractivity contribution in [1.82, 2.24) is 0 Å². The lowest BCUT2D eigenvalue weighted by atomic mass is 10.1. The summed E-state index contributed by atoms with van der Waals surface area (Å²) in [5, 5.41) is 14.1. The van der Waals surface area contributed by atoms with Crippen LogP contribution < -0.4 is 5.11 Å². The van der Waals surface area contributed by atoms with E-state index in [0.29, 0.717) is 6.42 Å². The topological polar surface area (TPSA) is 40.1 Å². The first-order valence-electron chi connectivity index (χ1n) is 3.50. The van der Waals surface area contributed by atoms with E-state index >= 15 is 0 Å². The van der Waals surface area contributed by atoms with Crippen LogP contribution in [-0.2, 0) is 11.2 Å². The lowest BCUT2D eigenvalue weighted by Gasteiger charge is -1.99. The molecule has 0 spiro atoms. The van der Waals surface area contributed by atoms with Crippen molar-refractivity contribution >= 4 is 17.3 Å². The molecule has 2 nitrogen and oxygen atoms in total. The Bertz CT molecular complexity index is 216. The van der Waals surface area contributed by atoms with Gasteiger partial charge in [-0.3, -0.25) is 0 Å². The Hall–Kier alpha value is -0.830. The Kier molecular flexibility index (Phi) is 3.11. The third-order valence-electron chi connectivity index (χ3n) is 1.43. The van der Waals surface area contributed by atoms with Gasteiger partial charge in [-0.1, -0.05) is 0 Å². The van der Waals surface area contributed by atoms with Crippen molar-refractivity contribution < 1.29 is 9.90 Å². The largest absolute Gasteiger partial charge is 0.550 e. The maximum absolute atomic E-state index is 10.0. The van der Waals surface area contributed by atoms with E-state index < -0.39 is 5.97 Å². The molecule has 1 aromatic heterocycles. The van der Waals surface area contributed by atoms with Crippen molar-refractivity contribution in [1.29, 1.82) is 0 Å². The number of carboxylic acid groups (broad SMARTS) is 1. The number of aliphatic carboxylic acids is 1. The molecule has 1 aromatic rings. The van der Waals surface area contributed by atoms with Crippen LogP contribution in [-0.4, -0.2) is 5.97 Å². The highest BCUT2D eigenvalue weighted by Crippen LogP contribution is 2.08. The molecule has 0 aliphatic rings. The van der Waals surface area contributed by atoms with Crippen LogP contribution in [0.15, 0.2) is 16.8 Å². The van der Waals surface area contributed by atoms with Gasteiger partial charge in [0.2, 0.25) is 0 Å². The molecule has 0 amide bonds. The number of hydrogen-bond donors (Lipinski definition) is 0. The molecule has 1 rings (SSSR count). The van der Waals surface area contributed by atoms with Gasteiger partial charge in [-0.25, -0.2) is 0 Å². The van der Waals surface area contributed by atoms with Crippen LogP contribution in [0, 0.1) is 0 Å². The lowest BCUT2D eigenvalue weighted by Crippen LogP contribution is -2.21. The number of rotatable bonds is 4. The maximum Gasteiger partial charge on any atom is 0.0414 e. The molecular weight excluding hydrogens is 160 g/mol. The summed E-state index contributed by atoms with van der Waals surface area (Å²) in [7, 11) is 0. The molecule has 0 unspecified atom stereocenters.